The van der Waals surface area contributed by atoms with Crippen LogP contribution >= 0.6 is 24.0 Å². The van der Waals surface area contributed by atoms with E-state index in [1.807, 2.05) is 4.90 Å². The zero-order valence-corrected chi connectivity index (χ0v) is 12.7. The molecule has 0 aliphatic carbocycles. The number of thiocarbonyl (C=S) groups is 1. The summed E-state index contributed by atoms with van der Waals surface area (Å²) in [5.41, 5.74) is 0. The minimum Gasteiger partial charge on any atom is -0.348 e. The van der Waals surface area contributed by atoms with Crippen molar-refractivity contribution in [1.82, 2.24) is 4.90 Å². The van der Waals surface area contributed by atoms with Gasteiger partial charge in [0.15, 0.2) is 19.7 Å². The molecule has 5 nitrogen and oxygen atoms in total. The van der Waals surface area contributed by atoms with Crippen LogP contribution in [0.4, 0.5) is 0 Å². The zero-order valence-electron chi connectivity index (χ0n) is 9.48. The molecule has 18 heavy (non-hydrogen) atoms. The average Bonchev–Trinajstić information content (AvgIpc) is 2.75. The molecule has 0 aromatic heterocycles. The molecular formula is C9H13NO4S4. The van der Waals surface area contributed by atoms with Gasteiger partial charge in [-0.3, -0.25) is 0 Å². The van der Waals surface area contributed by atoms with Crippen molar-refractivity contribution in [1.29, 1.82) is 0 Å². The molecule has 0 bridgehead atoms. The van der Waals surface area contributed by atoms with E-state index in [4.69, 9.17) is 12.2 Å². The Morgan fingerprint density at radius 3 is 2.44 bits per heavy atom. The molecule has 3 fully saturated rings. The monoisotopic (exact) mass is 327 g/mol. The van der Waals surface area contributed by atoms with Crippen LogP contribution in [-0.2, 0) is 19.7 Å². The summed E-state index contributed by atoms with van der Waals surface area (Å²) in [5.74, 6) is 0.572. The highest BCUT2D eigenvalue weighted by Gasteiger charge is 2.51. The molecule has 0 N–H and O–H groups in total. The predicted octanol–water partition coefficient (Wildman–Crippen LogP) is -0.327. The first-order valence-corrected chi connectivity index (χ1v) is 10.6. The smallest absolute Gasteiger partial charge is 0.153 e. The fourth-order valence-corrected chi connectivity index (χ4v) is 9.11. The van der Waals surface area contributed by atoms with Crippen molar-refractivity contribution in [3.8, 4) is 0 Å². The average molecular weight is 327 g/mol. The summed E-state index contributed by atoms with van der Waals surface area (Å²) in [7, 11) is -5.97. The van der Waals surface area contributed by atoms with Gasteiger partial charge in [-0.05, 0) is 6.42 Å². The van der Waals surface area contributed by atoms with Gasteiger partial charge in [0.25, 0.3) is 0 Å². The highest BCUT2D eigenvalue weighted by molar-refractivity contribution is 8.24. The summed E-state index contributed by atoms with van der Waals surface area (Å²) < 4.78 is 47.0. The Labute approximate surface area is 116 Å². The molecule has 0 saturated carbocycles. The second-order valence-corrected chi connectivity index (χ2v) is 11.3. The van der Waals surface area contributed by atoms with Crippen molar-refractivity contribution >= 4 is 48.0 Å². The van der Waals surface area contributed by atoms with Crippen molar-refractivity contribution in [2.45, 2.75) is 23.8 Å². The second kappa shape index (κ2) is 4.07. The molecule has 3 saturated heterocycles. The van der Waals surface area contributed by atoms with Crippen molar-refractivity contribution in [3.05, 3.63) is 0 Å². The van der Waals surface area contributed by atoms with Gasteiger partial charge in [-0.1, -0.05) is 24.0 Å². The van der Waals surface area contributed by atoms with E-state index < -0.39 is 19.7 Å². The van der Waals surface area contributed by atoms with E-state index in [-0.39, 0.29) is 40.3 Å². The lowest BCUT2D eigenvalue weighted by Gasteiger charge is -2.29. The summed E-state index contributed by atoms with van der Waals surface area (Å²) in [4.78, 5) is 1.89. The minimum absolute atomic E-state index is 0.00851. The molecular weight excluding hydrogens is 314 g/mol. The lowest BCUT2D eigenvalue weighted by atomic mass is 10.1. The number of hydrogen-bond donors (Lipinski definition) is 0. The van der Waals surface area contributed by atoms with Crippen LogP contribution in [0.2, 0.25) is 0 Å². The van der Waals surface area contributed by atoms with Crippen molar-refractivity contribution in [3.63, 3.8) is 0 Å². The quantitative estimate of drug-likeness (QED) is 0.611. The van der Waals surface area contributed by atoms with E-state index in [1.54, 1.807) is 0 Å². The van der Waals surface area contributed by atoms with Crippen LogP contribution in [0.3, 0.4) is 0 Å². The van der Waals surface area contributed by atoms with E-state index in [1.165, 1.54) is 11.8 Å². The molecule has 0 unspecified atom stereocenters. The molecule has 3 heterocycles. The van der Waals surface area contributed by atoms with Gasteiger partial charge in [0.2, 0.25) is 0 Å². The topological polar surface area (TPSA) is 71.5 Å². The van der Waals surface area contributed by atoms with Crippen molar-refractivity contribution in [2.24, 2.45) is 0 Å². The fraction of sp³-hybridized carbons (Fsp3) is 0.889. The predicted molar refractivity (Wildman–Crippen MR) is 75.3 cm³/mol. The Morgan fingerprint density at radius 1 is 1.11 bits per heavy atom. The van der Waals surface area contributed by atoms with Gasteiger partial charge in [-0.15, -0.1) is 0 Å². The van der Waals surface area contributed by atoms with E-state index in [2.05, 4.69) is 0 Å². The first-order valence-electron chi connectivity index (χ1n) is 5.67. The third-order valence-electron chi connectivity index (χ3n) is 3.69. The number of hydrogen-bond acceptors (Lipinski definition) is 6. The normalized spacial score (nSPS) is 41.2. The number of fused-ring (bicyclic) bond motifs is 1. The first kappa shape index (κ1) is 13.1. The summed E-state index contributed by atoms with van der Waals surface area (Å²) >= 11 is 6.70. The highest BCUT2D eigenvalue weighted by Crippen LogP contribution is 2.40. The standard InChI is InChI=1S/C9H13NO4S4/c11-17(12)2-1-6(3-17)10-7-4-18(13,14)5-8(7)16-9(10)15/h6-8H,1-5H2/t6-,7+,8-/m1/s1. The largest absolute Gasteiger partial charge is 0.348 e. The number of thioether (sulfide) groups is 1. The van der Waals surface area contributed by atoms with Gasteiger partial charge in [-0.25, -0.2) is 16.8 Å². The van der Waals surface area contributed by atoms with Crippen LogP contribution in [0.5, 0.6) is 0 Å². The van der Waals surface area contributed by atoms with E-state index in [0.29, 0.717) is 10.7 Å². The number of sulfone groups is 2. The Kier molecular flexibility index (Phi) is 2.97. The van der Waals surface area contributed by atoms with E-state index in [0.717, 1.165) is 0 Å². The number of rotatable bonds is 1. The van der Waals surface area contributed by atoms with Gasteiger partial charge >= 0.3 is 0 Å². The van der Waals surface area contributed by atoms with Crippen LogP contribution in [0.25, 0.3) is 0 Å². The van der Waals surface area contributed by atoms with E-state index >= 15 is 0 Å². The molecule has 9 heteroatoms. The third-order valence-corrected chi connectivity index (χ3v) is 9.07. The van der Waals surface area contributed by atoms with Gasteiger partial charge in [0.05, 0.1) is 29.1 Å². The Bertz CT molecular complexity index is 596. The molecule has 0 amide bonds. The molecule has 3 rings (SSSR count). The highest BCUT2D eigenvalue weighted by atomic mass is 32.2. The first-order chi connectivity index (χ1) is 8.27. The Balaban J connectivity index is 1.86. The van der Waals surface area contributed by atoms with Crippen LogP contribution in [0.15, 0.2) is 0 Å². The third kappa shape index (κ3) is 2.19. The van der Waals surface area contributed by atoms with Gasteiger partial charge in [0.1, 0.15) is 4.32 Å². The summed E-state index contributed by atoms with van der Waals surface area (Å²) in [6, 6.07) is -0.246. The molecule has 3 aliphatic heterocycles. The molecule has 0 aromatic rings. The van der Waals surface area contributed by atoms with Gasteiger partial charge < -0.3 is 4.90 Å². The molecule has 3 atom stereocenters. The fourth-order valence-electron chi connectivity index (χ4n) is 2.91. The molecule has 102 valence electrons. The Hall–Kier alpha value is 0.140. The zero-order chi connectivity index (χ0) is 13.1. The van der Waals surface area contributed by atoms with Crippen LogP contribution in [0.1, 0.15) is 6.42 Å². The maximum atomic E-state index is 11.6. The van der Waals surface area contributed by atoms with Gasteiger partial charge in [0, 0.05) is 11.3 Å². The SMILES string of the molecule is O=S1(=O)CC[C@@H](N2C(=S)S[C@@H]3CS(=O)(=O)C[C@@H]32)C1. The van der Waals surface area contributed by atoms with Crippen molar-refractivity contribution < 1.29 is 16.8 Å². The molecule has 3 aliphatic rings. The van der Waals surface area contributed by atoms with Crippen LogP contribution in [-0.4, -0.2) is 66.4 Å². The lowest BCUT2D eigenvalue weighted by Crippen LogP contribution is -2.44. The molecule has 0 spiro atoms. The molecule has 0 aromatic carbocycles. The van der Waals surface area contributed by atoms with Crippen LogP contribution < -0.4 is 0 Å². The van der Waals surface area contributed by atoms with Crippen molar-refractivity contribution in [2.75, 3.05) is 23.0 Å². The minimum atomic E-state index is -2.99. The maximum absolute atomic E-state index is 11.6. The summed E-state index contributed by atoms with van der Waals surface area (Å²) in [6.07, 6.45) is 0.562. The lowest BCUT2D eigenvalue weighted by molar-refractivity contribution is 0.292. The number of nitrogens with zero attached hydrogens (tertiary/aromatic N) is 1. The molecule has 0 radical (unpaired) electrons. The van der Waals surface area contributed by atoms with Gasteiger partial charge in [-0.2, -0.15) is 0 Å². The van der Waals surface area contributed by atoms with Crippen LogP contribution in [0, 0.1) is 0 Å². The summed E-state index contributed by atoms with van der Waals surface area (Å²) in [6.45, 7) is 0. The Morgan fingerprint density at radius 2 is 1.83 bits per heavy atom. The van der Waals surface area contributed by atoms with E-state index in [9.17, 15) is 16.8 Å². The summed E-state index contributed by atoms with van der Waals surface area (Å²) in [5, 5.41) is -0.00851. The maximum Gasteiger partial charge on any atom is 0.153 e. The second-order valence-electron chi connectivity index (χ2n) is 5.03.